The average molecular weight is 393 g/mol. The van der Waals surface area contributed by atoms with Crippen molar-refractivity contribution in [2.75, 3.05) is 0 Å². The lowest BCUT2D eigenvalue weighted by molar-refractivity contribution is -0.141. The summed E-state index contributed by atoms with van der Waals surface area (Å²) in [5.74, 6) is -0.897. The normalized spacial score (nSPS) is 14.0. The van der Waals surface area contributed by atoms with Gasteiger partial charge in [0, 0.05) is 3.57 Å². The van der Waals surface area contributed by atoms with Gasteiger partial charge in [-0.2, -0.15) is 0 Å². The van der Waals surface area contributed by atoms with Crippen molar-refractivity contribution in [2.24, 2.45) is 0 Å². The van der Waals surface area contributed by atoms with Gasteiger partial charge in [-0.1, -0.05) is 18.2 Å². The number of fused-ring (bicyclic) bond motifs is 1. The van der Waals surface area contributed by atoms with Crippen LogP contribution < -0.4 is 0 Å². The fourth-order valence-electron chi connectivity index (χ4n) is 2.37. The molecule has 2 aromatic carbocycles. The Hall–Kier alpha value is -1.89. The molecule has 0 aliphatic heterocycles. The van der Waals surface area contributed by atoms with E-state index in [1.165, 1.54) is 6.39 Å². The van der Waals surface area contributed by atoms with E-state index in [4.69, 9.17) is 4.42 Å². The van der Waals surface area contributed by atoms with Crippen molar-refractivity contribution < 1.29 is 14.3 Å². The Morgan fingerprint density at radius 2 is 1.86 bits per heavy atom. The van der Waals surface area contributed by atoms with Gasteiger partial charge in [-0.25, -0.2) is 4.98 Å². The number of carbonyl (C=O) groups is 1. The summed E-state index contributed by atoms with van der Waals surface area (Å²) in [6, 6.07) is 12.8. The molecule has 21 heavy (non-hydrogen) atoms. The Bertz CT molecular complexity index is 810. The smallest absolute Gasteiger partial charge is 0.318 e. The number of carboxylic acids is 1. The van der Waals surface area contributed by atoms with E-state index < -0.39 is 11.4 Å². The summed E-state index contributed by atoms with van der Waals surface area (Å²) in [6.07, 6.45) is 1.36. The second-order valence-electron chi connectivity index (χ2n) is 4.97. The molecule has 106 valence electrons. The van der Waals surface area contributed by atoms with Crippen molar-refractivity contribution in [3.05, 3.63) is 63.6 Å². The zero-order valence-corrected chi connectivity index (χ0v) is 13.4. The number of rotatable bonds is 3. The first kappa shape index (κ1) is 14.1. The molecular weight excluding hydrogens is 381 g/mol. The van der Waals surface area contributed by atoms with Crippen molar-refractivity contribution in [1.29, 1.82) is 0 Å². The Labute approximate surface area is 134 Å². The monoisotopic (exact) mass is 393 g/mol. The summed E-state index contributed by atoms with van der Waals surface area (Å²) in [5, 5.41) is 9.79. The van der Waals surface area contributed by atoms with Crippen molar-refractivity contribution in [1.82, 2.24) is 4.98 Å². The Morgan fingerprint density at radius 1 is 1.19 bits per heavy atom. The van der Waals surface area contributed by atoms with E-state index in [1.807, 2.05) is 24.3 Å². The summed E-state index contributed by atoms with van der Waals surface area (Å²) in [7, 11) is 0. The number of nitrogens with zero attached hydrogens (tertiary/aromatic N) is 1. The first-order chi connectivity index (χ1) is 10.0. The Morgan fingerprint density at radius 3 is 2.52 bits per heavy atom. The number of hydrogen-bond donors (Lipinski definition) is 1. The number of hydrogen-bond acceptors (Lipinski definition) is 3. The summed E-state index contributed by atoms with van der Waals surface area (Å²) >= 11 is 2.20. The summed E-state index contributed by atoms with van der Waals surface area (Å²) < 4.78 is 6.27. The minimum Gasteiger partial charge on any atom is -0.480 e. The van der Waals surface area contributed by atoms with Crippen LogP contribution in [0.15, 0.2) is 53.3 Å². The van der Waals surface area contributed by atoms with Crippen molar-refractivity contribution in [3.8, 4) is 0 Å². The number of benzene rings is 2. The zero-order chi connectivity index (χ0) is 15.0. The first-order valence-corrected chi connectivity index (χ1v) is 7.43. The largest absolute Gasteiger partial charge is 0.480 e. The molecule has 1 unspecified atom stereocenters. The lowest BCUT2D eigenvalue weighted by Crippen LogP contribution is -2.33. The molecule has 0 saturated carbocycles. The topological polar surface area (TPSA) is 63.3 Å². The number of aromatic nitrogens is 1. The summed E-state index contributed by atoms with van der Waals surface area (Å²) in [4.78, 5) is 16.0. The third-order valence-electron chi connectivity index (χ3n) is 3.76. The van der Waals surface area contributed by atoms with Crippen LogP contribution in [0.3, 0.4) is 0 Å². The second kappa shape index (κ2) is 5.14. The molecule has 0 aliphatic carbocycles. The third kappa shape index (κ3) is 2.31. The Balaban J connectivity index is 2.20. The van der Waals surface area contributed by atoms with Crippen LogP contribution in [-0.4, -0.2) is 16.1 Å². The van der Waals surface area contributed by atoms with Gasteiger partial charge in [-0.3, -0.25) is 4.79 Å². The number of oxazole rings is 1. The zero-order valence-electron chi connectivity index (χ0n) is 11.2. The SMILES string of the molecule is CC(C(=O)O)(c1ccc(I)cc1)c1ccc2ocnc2c1. The van der Waals surface area contributed by atoms with Crippen molar-refractivity contribution in [2.45, 2.75) is 12.3 Å². The predicted molar refractivity (Wildman–Crippen MR) is 87.3 cm³/mol. The van der Waals surface area contributed by atoms with Crippen LogP contribution in [0, 0.1) is 3.57 Å². The van der Waals surface area contributed by atoms with E-state index in [-0.39, 0.29) is 0 Å². The first-order valence-electron chi connectivity index (χ1n) is 6.35. The molecular formula is C16H12INO3. The van der Waals surface area contributed by atoms with E-state index in [0.29, 0.717) is 16.7 Å². The lowest BCUT2D eigenvalue weighted by Gasteiger charge is -2.26. The molecule has 3 aromatic rings. The van der Waals surface area contributed by atoms with E-state index in [2.05, 4.69) is 27.6 Å². The molecule has 0 bridgehead atoms. The standard InChI is InChI=1S/C16H12INO3/c1-16(15(19)20,10-2-5-12(17)6-3-10)11-4-7-14-13(8-11)18-9-21-14/h2-9H,1H3,(H,19,20). The summed E-state index contributed by atoms with van der Waals surface area (Å²) in [6.45, 7) is 1.71. The van der Waals surface area contributed by atoms with Gasteiger partial charge in [0.1, 0.15) is 10.9 Å². The average Bonchev–Trinajstić information content (AvgIpc) is 2.94. The maximum absolute atomic E-state index is 11.9. The number of carboxylic acid groups (broad SMARTS) is 1. The van der Waals surface area contributed by atoms with Gasteiger partial charge in [-0.05, 0) is 64.9 Å². The van der Waals surface area contributed by atoms with E-state index in [9.17, 15) is 9.90 Å². The molecule has 1 heterocycles. The number of halogens is 1. The van der Waals surface area contributed by atoms with Crippen LogP contribution in [0.25, 0.3) is 11.1 Å². The maximum Gasteiger partial charge on any atom is 0.318 e. The maximum atomic E-state index is 11.9. The third-order valence-corrected chi connectivity index (χ3v) is 4.48. The van der Waals surface area contributed by atoms with E-state index in [1.54, 1.807) is 25.1 Å². The molecule has 1 atom stereocenters. The van der Waals surface area contributed by atoms with Gasteiger partial charge in [-0.15, -0.1) is 0 Å². The van der Waals surface area contributed by atoms with Crippen LogP contribution in [0.4, 0.5) is 0 Å². The van der Waals surface area contributed by atoms with Gasteiger partial charge >= 0.3 is 5.97 Å². The highest BCUT2D eigenvalue weighted by atomic mass is 127. The molecule has 0 saturated heterocycles. The minimum atomic E-state index is -1.13. The molecule has 0 amide bonds. The molecule has 4 nitrogen and oxygen atoms in total. The molecule has 0 radical (unpaired) electrons. The van der Waals surface area contributed by atoms with Crippen LogP contribution in [0.1, 0.15) is 18.1 Å². The molecule has 0 aliphatic rings. The highest BCUT2D eigenvalue weighted by Gasteiger charge is 2.37. The van der Waals surface area contributed by atoms with Gasteiger partial charge in [0.2, 0.25) is 0 Å². The van der Waals surface area contributed by atoms with Crippen molar-refractivity contribution in [3.63, 3.8) is 0 Å². The fourth-order valence-corrected chi connectivity index (χ4v) is 2.73. The highest BCUT2D eigenvalue weighted by molar-refractivity contribution is 14.1. The van der Waals surface area contributed by atoms with E-state index >= 15 is 0 Å². The molecule has 1 aromatic heterocycles. The minimum absolute atomic E-state index is 0.647. The molecule has 5 heteroatoms. The molecule has 1 N–H and O–H groups in total. The highest BCUT2D eigenvalue weighted by Crippen LogP contribution is 2.34. The van der Waals surface area contributed by atoms with Gasteiger partial charge in [0.05, 0.1) is 0 Å². The van der Waals surface area contributed by atoms with Crippen LogP contribution in [-0.2, 0) is 10.2 Å². The van der Waals surface area contributed by atoms with Crippen LogP contribution >= 0.6 is 22.6 Å². The van der Waals surface area contributed by atoms with Crippen molar-refractivity contribution >= 4 is 39.7 Å². The quantitative estimate of drug-likeness (QED) is 0.688. The molecule has 3 rings (SSSR count). The van der Waals surface area contributed by atoms with Gasteiger partial charge in [0.25, 0.3) is 0 Å². The second-order valence-corrected chi connectivity index (χ2v) is 6.22. The van der Waals surface area contributed by atoms with E-state index in [0.717, 1.165) is 9.13 Å². The molecule has 0 spiro atoms. The summed E-state index contributed by atoms with van der Waals surface area (Å²) in [5.41, 5.74) is 1.59. The van der Waals surface area contributed by atoms with Gasteiger partial charge in [0.15, 0.2) is 12.0 Å². The number of aliphatic carboxylic acids is 1. The van der Waals surface area contributed by atoms with Gasteiger partial charge < -0.3 is 9.52 Å². The predicted octanol–water partition coefficient (Wildman–Crippen LogP) is 3.82. The Kier molecular flexibility index (Phi) is 3.44. The van der Waals surface area contributed by atoms with Crippen LogP contribution in [0.5, 0.6) is 0 Å². The fraction of sp³-hybridized carbons (Fsp3) is 0.125. The van der Waals surface area contributed by atoms with Crippen LogP contribution in [0.2, 0.25) is 0 Å². The lowest BCUT2D eigenvalue weighted by atomic mass is 9.76. The molecule has 0 fully saturated rings.